The summed E-state index contributed by atoms with van der Waals surface area (Å²) >= 11 is 0. The number of halogens is 2. The highest BCUT2D eigenvalue weighted by atomic mass is 19.3. The van der Waals surface area contributed by atoms with Crippen molar-refractivity contribution >= 4 is 11.8 Å². The lowest BCUT2D eigenvalue weighted by Crippen LogP contribution is -2.55. The van der Waals surface area contributed by atoms with Crippen molar-refractivity contribution in [3.05, 3.63) is 29.5 Å². The van der Waals surface area contributed by atoms with Gasteiger partial charge in [-0.3, -0.25) is 15.6 Å². The largest absolute Gasteiger partial charge is 0.378 e. The van der Waals surface area contributed by atoms with E-state index in [1.165, 1.54) is 12.6 Å². The molecule has 1 aromatic rings. The minimum Gasteiger partial charge on any atom is -0.378 e. The number of aromatic nitrogens is 2. The molecule has 2 bridgehead atoms. The van der Waals surface area contributed by atoms with Gasteiger partial charge in [0.05, 0.1) is 24.9 Å². The molecule has 0 amide bonds. The zero-order chi connectivity index (χ0) is 22.5. The number of ether oxygens (including phenoxy) is 1. The number of rotatable bonds is 6. The Labute approximate surface area is 191 Å². The van der Waals surface area contributed by atoms with E-state index in [0.717, 1.165) is 68.6 Å². The first-order valence-electron chi connectivity index (χ1n) is 12.0. The molecule has 2 saturated carbocycles. The predicted octanol–water partition coefficient (Wildman–Crippen LogP) is 2.69. The molecule has 6 rings (SSSR count). The summed E-state index contributed by atoms with van der Waals surface area (Å²) < 4.78 is 31.0. The minimum atomic E-state index is -2.97. The average molecular weight is 461 g/mol. The Hall–Kier alpha value is -2.01. The molecule has 1 aromatic heterocycles. The van der Waals surface area contributed by atoms with E-state index in [1.807, 2.05) is 6.07 Å². The van der Waals surface area contributed by atoms with E-state index in [9.17, 15) is 8.78 Å². The van der Waals surface area contributed by atoms with Crippen LogP contribution in [0.5, 0.6) is 0 Å². The number of nitrogens with two attached hydrogens (primary N) is 1. The summed E-state index contributed by atoms with van der Waals surface area (Å²) in [5, 5.41) is 0.891. The molecule has 33 heavy (non-hydrogen) atoms. The van der Waals surface area contributed by atoms with E-state index in [1.54, 1.807) is 6.21 Å². The zero-order valence-corrected chi connectivity index (χ0v) is 18.5. The Morgan fingerprint density at radius 3 is 2.45 bits per heavy atom. The highest BCUT2D eigenvalue weighted by Gasteiger charge is 2.40. The highest BCUT2D eigenvalue weighted by molar-refractivity contribution is 6.09. The molecule has 5 aliphatic rings. The smallest absolute Gasteiger partial charge is 0.365 e. The number of hydrogen-bond donors (Lipinski definition) is 1. The normalized spacial score (nSPS) is 32.7. The second-order valence-corrected chi connectivity index (χ2v) is 10.1. The van der Waals surface area contributed by atoms with Gasteiger partial charge in [0.1, 0.15) is 5.82 Å². The van der Waals surface area contributed by atoms with Crippen molar-refractivity contribution in [2.45, 2.75) is 62.9 Å². The summed E-state index contributed by atoms with van der Waals surface area (Å²) in [5.74, 6) is 2.99. The molecule has 10 heteroatoms. The topological polar surface area (TPSA) is 89.1 Å². The number of aliphatic imine (C=N–C) groups is 1. The van der Waals surface area contributed by atoms with Gasteiger partial charge in [-0.15, -0.1) is 0 Å². The van der Waals surface area contributed by atoms with Gasteiger partial charge in [-0.2, -0.15) is 8.78 Å². The van der Waals surface area contributed by atoms with Crippen molar-refractivity contribution in [2.75, 3.05) is 26.3 Å². The zero-order valence-electron chi connectivity index (χ0n) is 18.5. The number of fused-ring (bicyclic) bond motifs is 2. The van der Waals surface area contributed by atoms with Gasteiger partial charge in [-0.05, 0) is 50.0 Å². The first-order chi connectivity index (χ1) is 16.0. The molecular formula is C23H30F2N6O2. The molecule has 3 atom stereocenters. The van der Waals surface area contributed by atoms with Crippen LogP contribution in [-0.2, 0) is 9.57 Å². The van der Waals surface area contributed by atoms with Gasteiger partial charge in [0, 0.05) is 48.6 Å². The molecule has 0 radical (unpaired) electrons. The Morgan fingerprint density at radius 1 is 1.06 bits per heavy atom. The number of hydroxylamine groups is 2. The van der Waals surface area contributed by atoms with Gasteiger partial charge in [-0.25, -0.2) is 19.9 Å². The molecule has 0 aromatic carbocycles. The van der Waals surface area contributed by atoms with Crippen LogP contribution in [0.15, 0.2) is 17.3 Å². The highest BCUT2D eigenvalue weighted by Crippen LogP contribution is 2.45. The molecule has 3 aliphatic heterocycles. The summed E-state index contributed by atoms with van der Waals surface area (Å²) in [5.41, 5.74) is 8.16. The van der Waals surface area contributed by atoms with Crippen LogP contribution in [0.2, 0.25) is 0 Å². The minimum absolute atomic E-state index is 0.387. The monoisotopic (exact) mass is 460 g/mol. The first-order valence-corrected chi connectivity index (χ1v) is 12.0. The summed E-state index contributed by atoms with van der Waals surface area (Å²) in [7, 11) is 0. The van der Waals surface area contributed by atoms with Crippen LogP contribution in [0.3, 0.4) is 0 Å². The third-order valence-corrected chi connectivity index (χ3v) is 7.54. The molecule has 4 heterocycles. The van der Waals surface area contributed by atoms with Gasteiger partial charge >= 0.3 is 6.61 Å². The summed E-state index contributed by atoms with van der Waals surface area (Å²) in [4.78, 5) is 21.0. The fourth-order valence-electron chi connectivity index (χ4n) is 5.73. The Kier molecular flexibility index (Phi) is 5.64. The Balaban J connectivity index is 1.25. The molecule has 3 unspecified atom stereocenters. The maximum Gasteiger partial charge on any atom is 0.365 e. The van der Waals surface area contributed by atoms with Crippen LogP contribution in [0.1, 0.15) is 61.2 Å². The molecule has 2 aliphatic carbocycles. The molecule has 4 fully saturated rings. The van der Waals surface area contributed by atoms with E-state index in [4.69, 9.17) is 20.4 Å². The first kappa shape index (κ1) is 21.5. The number of alkyl halides is 2. The van der Waals surface area contributed by atoms with E-state index in [-0.39, 0.29) is 0 Å². The quantitative estimate of drug-likeness (QED) is 0.698. The van der Waals surface area contributed by atoms with Gasteiger partial charge in [0.2, 0.25) is 0 Å². The predicted molar refractivity (Wildman–Crippen MR) is 117 cm³/mol. The fraction of sp³-hybridized carbons (Fsp3) is 0.696. The number of allylic oxidation sites excluding steroid dienone is 1. The van der Waals surface area contributed by atoms with Gasteiger partial charge in [0.15, 0.2) is 6.29 Å². The van der Waals surface area contributed by atoms with Crippen LogP contribution >= 0.6 is 0 Å². The van der Waals surface area contributed by atoms with Crippen LogP contribution < -0.4 is 5.73 Å². The molecule has 2 saturated heterocycles. The number of piperidine rings is 1. The maximum absolute atomic E-state index is 12.8. The standard InChI is InChI=1S/C23H30F2N6O2/c24-22(25)33-31-10-17(7-27-23(31)26)20-6-19(28-21(29-20)15-1-2-15)16-4-13-3-14(5-16)9-30(8-13)18-11-32-12-18/h6-7,10,13-16,18,22-23H,1-5,8-9,11-12,26H2. The Morgan fingerprint density at radius 2 is 1.82 bits per heavy atom. The van der Waals surface area contributed by atoms with Crippen LogP contribution in [0, 0.1) is 11.8 Å². The van der Waals surface area contributed by atoms with Crippen molar-refractivity contribution in [1.82, 2.24) is 19.9 Å². The lowest BCUT2D eigenvalue weighted by atomic mass is 9.71. The van der Waals surface area contributed by atoms with Gasteiger partial charge < -0.3 is 4.74 Å². The molecule has 178 valence electrons. The summed E-state index contributed by atoms with van der Waals surface area (Å²) in [6.07, 6.45) is 7.77. The van der Waals surface area contributed by atoms with Gasteiger partial charge in [-0.1, -0.05) is 0 Å². The van der Waals surface area contributed by atoms with Crippen LogP contribution in [-0.4, -0.2) is 71.4 Å². The van der Waals surface area contributed by atoms with Crippen molar-refractivity contribution < 1.29 is 18.4 Å². The third-order valence-electron chi connectivity index (χ3n) is 7.54. The van der Waals surface area contributed by atoms with Crippen LogP contribution in [0.25, 0.3) is 5.57 Å². The van der Waals surface area contributed by atoms with Crippen molar-refractivity contribution in [3.63, 3.8) is 0 Å². The molecular weight excluding hydrogens is 430 g/mol. The Bertz CT molecular complexity index is 937. The second kappa shape index (κ2) is 8.65. The molecule has 8 nitrogen and oxygen atoms in total. The van der Waals surface area contributed by atoms with E-state index >= 15 is 0 Å². The van der Waals surface area contributed by atoms with Crippen molar-refractivity contribution in [1.29, 1.82) is 0 Å². The number of nitrogens with zero attached hydrogens (tertiary/aromatic N) is 5. The lowest BCUT2D eigenvalue weighted by Gasteiger charge is -2.48. The van der Waals surface area contributed by atoms with Crippen molar-refractivity contribution in [2.24, 2.45) is 22.6 Å². The van der Waals surface area contributed by atoms with Crippen LogP contribution in [0.4, 0.5) is 8.78 Å². The number of likely N-dealkylation sites (tertiary alicyclic amines) is 1. The molecule has 0 spiro atoms. The van der Waals surface area contributed by atoms with E-state index in [2.05, 4.69) is 14.7 Å². The van der Waals surface area contributed by atoms with E-state index in [0.29, 0.717) is 41.0 Å². The number of hydrogen-bond acceptors (Lipinski definition) is 8. The van der Waals surface area contributed by atoms with Gasteiger partial charge in [0.25, 0.3) is 0 Å². The molecule has 2 N–H and O–H groups in total. The maximum atomic E-state index is 12.8. The van der Waals surface area contributed by atoms with Crippen molar-refractivity contribution in [3.8, 4) is 0 Å². The average Bonchev–Trinajstić information content (AvgIpc) is 3.58. The SMILES string of the molecule is NC1N=CC(c2cc(C3CC4CC(C3)CN(C3COC3)C4)nc(C3CC3)n2)=CN1OC(F)F. The van der Waals surface area contributed by atoms with E-state index < -0.39 is 12.9 Å². The fourth-order valence-corrected chi connectivity index (χ4v) is 5.73. The third kappa shape index (κ3) is 4.53. The second-order valence-electron chi connectivity index (χ2n) is 10.1. The summed E-state index contributed by atoms with van der Waals surface area (Å²) in [6.45, 7) is 1.05. The lowest BCUT2D eigenvalue weighted by molar-refractivity contribution is -0.274. The summed E-state index contributed by atoms with van der Waals surface area (Å²) in [6, 6.07) is 2.62.